The molecule has 0 aromatic carbocycles. The highest BCUT2D eigenvalue weighted by molar-refractivity contribution is 5.72. The molecule has 5 heteroatoms. The maximum atomic E-state index is 12.7. The first-order valence-electron chi connectivity index (χ1n) is 11.7. The lowest BCUT2D eigenvalue weighted by Gasteiger charge is -2.66. The Morgan fingerprint density at radius 3 is 2.72 bits per heavy atom. The molecule has 9 aliphatic rings. The molecule has 0 aromatic rings. The summed E-state index contributed by atoms with van der Waals surface area (Å²) >= 11 is 0. The van der Waals surface area contributed by atoms with Gasteiger partial charge in [0, 0.05) is 30.5 Å². The van der Waals surface area contributed by atoms with E-state index in [2.05, 4.69) is 18.4 Å². The molecule has 0 amide bonds. The first-order valence-corrected chi connectivity index (χ1v) is 11.7. The molecule has 6 aliphatic carbocycles. The van der Waals surface area contributed by atoms with Crippen molar-refractivity contribution in [1.29, 1.82) is 0 Å². The van der Waals surface area contributed by atoms with Gasteiger partial charge in [0.05, 0.1) is 18.1 Å². The molecular weight excluding hydrogens is 366 g/mol. The summed E-state index contributed by atoms with van der Waals surface area (Å²) in [4.78, 5) is 15.4. The number of ether oxygens (including phenoxy) is 1. The quantitative estimate of drug-likeness (QED) is 0.549. The van der Waals surface area contributed by atoms with Gasteiger partial charge in [-0.3, -0.25) is 9.69 Å². The number of nitrogens with zero attached hydrogens (tertiary/aromatic N) is 1. The SMILES string of the molecule is C=C1C[C@@]23C[C@H]4[C@@H]5[C@@]6(C)C[C@H](O)C[C@@]57[C@@H]2[C@H](O)[C@@H]1[C@H](OC(=O)C(C)C)[C@@H]3[C@H]7N4C6. The van der Waals surface area contributed by atoms with Gasteiger partial charge in [-0.2, -0.15) is 0 Å². The number of aliphatic hydroxyl groups is 2. The van der Waals surface area contributed by atoms with Crippen molar-refractivity contribution in [2.45, 2.75) is 76.9 Å². The summed E-state index contributed by atoms with van der Waals surface area (Å²) in [7, 11) is 0. The van der Waals surface area contributed by atoms with E-state index in [1.807, 2.05) is 13.8 Å². The summed E-state index contributed by atoms with van der Waals surface area (Å²) in [6.45, 7) is 11.6. The van der Waals surface area contributed by atoms with Crippen LogP contribution < -0.4 is 0 Å². The number of piperidine rings is 2. The molecule has 9 bridgehead atoms. The minimum atomic E-state index is -0.501. The van der Waals surface area contributed by atoms with E-state index in [1.165, 1.54) is 0 Å². The van der Waals surface area contributed by atoms with E-state index >= 15 is 0 Å². The third kappa shape index (κ3) is 1.57. The number of fused-ring (bicyclic) bond motifs is 1. The van der Waals surface area contributed by atoms with E-state index in [1.54, 1.807) is 0 Å². The molecule has 2 spiro atoms. The van der Waals surface area contributed by atoms with Crippen LogP contribution in [0.3, 0.4) is 0 Å². The number of hydrogen-bond donors (Lipinski definition) is 2. The van der Waals surface area contributed by atoms with Crippen molar-refractivity contribution >= 4 is 5.97 Å². The van der Waals surface area contributed by atoms with Crippen LogP contribution in [-0.2, 0) is 9.53 Å². The fourth-order valence-corrected chi connectivity index (χ4v) is 11.1. The lowest BCUT2D eigenvalue weighted by molar-refractivity contribution is -0.223. The molecule has 2 N–H and O–H groups in total. The standard InChI is InChI=1S/C24H33NO4/c1-10(2)21(28)29-17-14-11(3)5-23-8-13-18-22(4)6-12(26)7-24(18,19(23)16(14)27)20(15(17)23)25(13)9-22/h10,12-20,26-27H,3,5-9H2,1-2,4H3/t12-,13-,14+,15+,16+,17-,18+,19+,20+,22-,23-,24-/m0/s1. The number of hydrogen-bond acceptors (Lipinski definition) is 5. The van der Waals surface area contributed by atoms with Crippen LogP contribution in [0.2, 0.25) is 0 Å². The minimum absolute atomic E-state index is 0.00216. The number of carbonyl (C=O) groups excluding carboxylic acids is 1. The number of aliphatic hydroxyl groups excluding tert-OH is 2. The number of carbonyl (C=O) groups is 1. The number of esters is 1. The molecule has 5 nitrogen and oxygen atoms in total. The van der Waals surface area contributed by atoms with Gasteiger partial charge in [0.1, 0.15) is 6.10 Å². The molecule has 158 valence electrons. The Bertz CT molecular complexity index is 856. The van der Waals surface area contributed by atoms with Gasteiger partial charge in [-0.05, 0) is 53.8 Å². The zero-order chi connectivity index (χ0) is 20.2. The Morgan fingerprint density at radius 1 is 1.24 bits per heavy atom. The molecule has 13 atom stereocenters. The van der Waals surface area contributed by atoms with Crippen molar-refractivity contribution in [1.82, 2.24) is 4.90 Å². The normalized spacial score (nSPS) is 65.0. The predicted molar refractivity (Wildman–Crippen MR) is 106 cm³/mol. The highest BCUT2D eigenvalue weighted by atomic mass is 16.5. The van der Waals surface area contributed by atoms with Crippen LogP contribution >= 0.6 is 0 Å². The van der Waals surface area contributed by atoms with E-state index in [-0.39, 0.29) is 58.1 Å². The molecule has 3 heterocycles. The van der Waals surface area contributed by atoms with E-state index in [4.69, 9.17) is 4.74 Å². The Kier molecular flexibility index (Phi) is 2.93. The van der Waals surface area contributed by atoms with Gasteiger partial charge < -0.3 is 14.9 Å². The van der Waals surface area contributed by atoms with Crippen LogP contribution in [0.15, 0.2) is 12.2 Å². The second kappa shape index (κ2) is 4.78. The van der Waals surface area contributed by atoms with E-state index in [9.17, 15) is 15.0 Å². The topological polar surface area (TPSA) is 70.0 Å². The maximum absolute atomic E-state index is 12.7. The summed E-state index contributed by atoms with van der Waals surface area (Å²) in [6.07, 6.45) is 2.75. The molecule has 9 rings (SSSR count). The molecule has 6 saturated carbocycles. The van der Waals surface area contributed by atoms with Crippen LogP contribution in [0.1, 0.15) is 46.5 Å². The van der Waals surface area contributed by atoms with Crippen LogP contribution in [0.4, 0.5) is 0 Å². The zero-order valence-corrected chi connectivity index (χ0v) is 17.7. The zero-order valence-electron chi connectivity index (χ0n) is 17.7. The van der Waals surface area contributed by atoms with Gasteiger partial charge in [-0.25, -0.2) is 0 Å². The number of rotatable bonds is 2. The molecule has 3 saturated heterocycles. The van der Waals surface area contributed by atoms with E-state index in [0.29, 0.717) is 18.0 Å². The van der Waals surface area contributed by atoms with Gasteiger partial charge in [0.15, 0.2) is 0 Å². The highest BCUT2D eigenvalue weighted by Gasteiger charge is 2.90. The molecule has 29 heavy (non-hydrogen) atoms. The Hall–Kier alpha value is -0.910. The average Bonchev–Trinajstić information content (AvgIpc) is 3.02. The first kappa shape index (κ1) is 17.7. The van der Waals surface area contributed by atoms with Crippen molar-refractivity contribution in [3.05, 3.63) is 12.2 Å². The summed E-state index contributed by atoms with van der Waals surface area (Å²) in [5.74, 6) is 0.600. The average molecular weight is 400 g/mol. The van der Waals surface area contributed by atoms with Crippen LogP contribution in [0.25, 0.3) is 0 Å². The molecule has 0 radical (unpaired) electrons. The Balaban J connectivity index is 1.43. The van der Waals surface area contributed by atoms with Crippen molar-refractivity contribution in [3.63, 3.8) is 0 Å². The lowest BCUT2D eigenvalue weighted by Crippen LogP contribution is -2.68. The lowest BCUT2D eigenvalue weighted by atomic mass is 9.39. The second-order valence-electron chi connectivity index (χ2n) is 12.3. The molecule has 1 unspecified atom stereocenters. The third-order valence-electron chi connectivity index (χ3n) is 10.8. The summed E-state index contributed by atoms with van der Waals surface area (Å²) < 4.78 is 6.20. The van der Waals surface area contributed by atoms with Gasteiger partial charge in [0.25, 0.3) is 0 Å². The molecule has 3 aliphatic heterocycles. The molecular formula is C24H33NO4. The Morgan fingerprint density at radius 2 is 2.00 bits per heavy atom. The third-order valence-corrected chi connectivity index (χ3v) is 10.8. The van der Waals surface area contributed by atoms with Crippen molar-refractivity contribution in [2.24, 2.45) is 45.8 Å². The summed E-state index contributed by atoms with van der Waals surface area (Å²) in [5, 5.41) is 22.7. The molecule has 0 aromatic heterocycles. The second-order valence-corrected chi connectivity index (χ2v) is 12.3. The van der Waals surface area contributed by atoms with Gasteiger partial charge in [0.2, 0.25) is 0 Å². The molecule has 9 fully saturated rings. The van der Waals surface area contributed by atoms with Gasteiger partial charge in [-0.1, -0.05) is 32.9 Å². The van der Waals surface area contributed by atoms with E-state index < -0.39 is 6.10 Å². The fraction of sp³-hybridized carbons (Fsp3) is 0.875. The van der Waals surface area contributed by atoms with Crippen LogP contribution in [0, 0.1) is 45.8 Å². The maximum Gasteiger partial charge on any atom is 0.308 e. The smallest absolute Gasteiger partial charge is 0.308 e. The predicted octanol–water partition coefficient (Wildman–Crippen LogP) is 1.97. The van der Waals surface area contributed by atoms with Crippen molar-refractivity contribution in [3.8, 4) is 0 Å². The van der Waals surface area contributed by atoms with Crippen LogP contribution in [-0.4, -0.2) is 58.0 Å². The summed E-state index contributed by atoms with van der Waals surface area (Å²) in [6, 6.07) is 0.915. The Labute approximate surface area is 172 Å². The fourth-order valence-electron chi connectivity index (χ4n) is 11.1. The van der Waals surface area contributed by atoms with E-state index in [0.717, 1.165) is 37.8 Å². The summed E-state index contributed by atoms with van der Waals surface area (Å²) in [5.41, 5.74) is 1.22. The minimum Gasteiger partial charge on any atom is -0.461 e. The van der Waals surface area contributed by atoms with Gasteiger partial charge in [-0.15, -0.1) is 0 Å². The highest BCUT2D eigenvalue weighted by Crippen LogP contribution is 2.87. The van der Waals surface area contributed by atoms with Gasteiger partial charge >= 0.3 is 5.97 Å². The van der Waals surface area contributed by atoms with Crippen molar-refractivity contribution in [2.75, 3.05) is 6.54 Å². The van der Waals surface area contributed by atoms with Crippen molar-refractivity contribution < 1.29 is 19.7 Å². The first-order chi connectivity index (χ1) is 13.7. The monoisotopic (exact) mass is 399 g/mol. The largest absolute Gasteiger partial charge is 0.461 e. The van der Waals surface area contributed by atoms with Crippen LogP contribution in [0.5, 0.6) is 0 Å².